The van der Waals surface area contributed by atoms with Gasteiger partial charge in [-0.1, -0.05) is 24.3 Å². The summed E-state index contributed by atoms with van der Waals surface area (Å²) in [5.41, 5.74) is 10.0. The monoisotopic (exact) mass is 363 g/mol. The molecule has 0 saturated heterocycles. The molecule has 27 heavy (non-hydrogen) atoms. The number of hydrogen-bond donors (Lipinski definition) is 2. The standard InChI is InChI=1S/C20H17N3O4/c1-26-20(25)14-6-4-5-13(11-14)18-10-9-15(27-18)12-22-23-19(24)16-7-2-3-8-17(16)21/h2-12H,21H2,1H3,(H,23,24). The lowest BCUT2D eigenvalue weighted by Crippen LogP contribution is -2.18. The van der Waals surface area contributed by atoms with Crippen molar-refractivity contribution in [3.63, 3.8) is 0 Å². The second kappa shape index (κ2) is 8.01. The molecule has 3 N–H and O–H groups in total. The summed E-state index contributed by atoms with van der Waals surface area (Å²) < 4.78 is 10.4. The van der Waals surface area contributed by atoms with Crippen molar-refractivity contribution in [2.45, 2.75) is 0 Å². The largest absolute Gasteiger partial charge is 0.465 e. The first-order chi connectivity index (χ1) is 13.1. The van der Waals surface area contributed by atoms with Gasteiger partial charge in [-0.2, -0.15) is 5.10 Å². The van der Waals surface area contributed by atoms with Crippen molar-refractivity contribution < 1.29 is 18.7 Å². The van der Waals surface area contributed by atoms with E-state index in [1.165, 1.54) is 13.3 Å². The number of ether oxygens (including phenoxy) is 1. The van der Waals surface area contributed by atoms with E-state index >= 15 is 0 Å². The van der Waals surface area contributed by atoms with Crippen molar-refractivity contribution in [2.24, 2.45) is 5.10 Å². The molecule has 1 amide bonds. The zero-order chi connectivity index (χ0) is 19.2. The highest BCUT2D eigenvalue weighted by molar-refractivity contribution is 5.99. The lowest BCUT2D eigenvalue weighted by atomic mass is 10.1. The van der Waals surface area contributed by atoms with Crippen molar-refractivity contribution in [1.82, 2.24) is 5.43 Å². The smallest absolute Gasteiger partial charge is 0.337 e. The Bertz CT molecular complexity index is 1010. The van der Waals surface area contributed by atoms with Crippen LogP contribution in [-0.2, 0) is 4.74 Å². The van der Waals surface area contributed by atoms with E-state index in [9.17, 15) is 9.59 Å². The zero-order valence-corrected chi connectivity index (χ0v) is 14.5. The summed E-state index contributed by atoms with van der Waals surface area (Å²) in [6.07, 6.45) is 1.38. The number of hydrazone groups is 1. The number of benzene rings is 2. The Morgan fingerprint density at radius 1 is 1.11 bits per heavy atom. The quantitative estimate of drug-likeness (QED) is 0.313. The van der Waals surface area contributed by atoms with E-state index in [4.69, 9.17) is 14.9 Å². The molecule has 0 aliphatic rings. The van der Waals surface area contributed by atoms with E-state index in [-0.39, 0.29) is 0 Å². The molecule has 136 valence electrons. The molecule has 0 spiro atoms. The van der Waals surface area contributed by atoms with Gasteiger partial charge in [0, 0.05) is 11.3 Å². The van der Waals surface area contributed by atoms with Gasteiger partial charge >= 0.3 is 5.97 Å². The molecule has 0 bridgehead atoms. The number of methoxy groups -OCH3 is 1. The van der Waals surface area contributed by atoms with Crippen LogP contribution in [-0.4, -0.2) is 25.2 Å². The van der Waals surface area contributed by atoms with Gasteiger partial charge in [0.05, 0.1) is 24.5 Å². The summed E-state index contributed by atoms with van der Waals surface area (Å²) in [6, 6.07) is 17.0. The number of hydrogen-bond acceptors (Lipinski definition) is 6. The molecular weight excluding hydrogens is 346 g/mol. The highest BCUT2D eigenvalue weighted by Crippen LogP contribution is 2.23. The summed E-state index contributed by atoms with van der Waals surface area (Å²) in [5.74, 6) is 0.158. The second-order valence-corrected chi connectivity index (χ2v) is 5.56. The lowest BCUT2D eigenvalue weighted by Gasteiger charge is -2.02. The van der Waals surface area contributed by atoms with Crippen LogP contribution in [0.25, 0.3) is 11.3 Å². The van der Waals surface area contributed by atoms with Crippen LogP contribution in [0.3, 0.4) is 0 Å². The van der Waals surface area contributed by atoms with Gasteiger partial charge in [-0.25, -0.2) is 10.2 Å². The van der Waals surface area contributed by atoms with Gasteiger partial charge in [0.15, 0.2) is 0 Å². The molecule has 1 aromatic heterocycles. The number of furan rings is 1. The zero-order valence-electron chi connectivity index (χ0n) is 14.5. The SMILES string of the molecule is COC(=O)c1cccc(-c2ccc(C=NNC(=O)c3ccccc3N)o2)c1. The summed E-state index contributed by atoms with van der Waals surface area (Å²) in [5, 5.41) is 3.88. The van der Waals surface area contributed by atoms with E-state index in [1.807, 2.05) is 6.07 Å². The van der Waals surface area contributed by atoms with Crippen molar-refractivity contribution in [3.8, 4) is 11.3 Å². The molecule has 0 aliphatic heterocycles. The third-order valence-electron chi connectivity index (χ3n) is 3.76. The molecule has 0 radical (unpaired) electrons. The highest BCUT2D eigenvalue weighted by atomic mass is 16.5. The Kier molecular flexibility index (Phi) is 5.32. The Morgan fingerprint density at radius 2 is 1.93 bits per heavy atom. The number of para-hydroxylation sites is 1. The van der Waals surface area contributed by atoms with E-state index in [1.54, 1.807) is 54.6 Å². The molecule has 7 heteroatoms. The fraction of sp³-hybridized carbons (Fsp3) is 0.0500. The van der Waals surface area contributed by atoms with Crippen molar-refractivity contribution >= 4 is 23.8 Å². The maximum atomic E-state index is 12.0. The number of carbonyl (C=O) groups is 2. The molecule has 0 aliphatic carbocycles. The first-order valence-corrected chi connectivity index (χ1v) is 8.05. The van der Waals surface area contributed by atoms with Crippen molar-refractivity contribution in [2.75, 3.05) is 12.8 Å². The van der Waals surface area contributed by atoms with E-state index in [2.05, 4.69) is 10.5 Å². The number of esters is 1. The predicted octanol–water partition coefficient (Wildman–Crippen LogP) is 3.08. The van der Waals surface area contributed by atoms with Crippen LogP contribution in [0.2, 0.25) is 0 Å². The van der Waals surface area contributed by atoms with Crippen LogP contribution in [0.1, 0.15) is 26.5 Å². The van der Waals surface area contributed by atoms with E-state index < -0.39 is 11.9 Å². The van der Waals surface area contributed by atoms with Gasteiger partial charge < -0.3 is 14.9 Å². The van der Waals surface area contributed by atoms with Crippen LogP contribution in [0.15, 0.2) is 70.2 Å². The maximum absolute atomic E-state index is 12.0. The Hall–Kier alpha value is -3.87. The first-order valence-electron chi connectivity index (χ1n) is 8.05. The minimum Gasteiger partial charge on any atom is -0.465 e. The molecule has 3 rings (SSSR count). The van der Waals surface area contributed by atoms with Gasteiger partial charge in [0.1, 0.15) is 11.5 Å². The van der Waals surface area contributed by atoms with Crippen molar-refractivity contribution in [1.29, 1.82) is 0 Å². The average molecular weight is 363 g/mol. The van der Waals surface area contributed by atoms with Crippen LogP contribution in [0.5, 0.6) is 0 Å². The predicted molar refractivity (Wildman–Crippen MR) is 101 cm³/mol. The highest BCUT2D eigenvalue weighted by Gasteiger charge is 2.10. The van der Waals surface area contributed by atoms with Crippen molar-refractivity contribution in [3.05, 3.63) is 77.6 Å². The third kappa shape index (κ3) is 4.21. The number of amides is 1. The maximum Gasteiger partial charge on any atom is 0.337 e. The number of anilines is 1. The van der Waals surface area contributed by atoms with Crippen LogP contribution in [0, 0.1) is 0 Å². The summed E-state index contributed by atoms with van der Waals surface area (Å²) in [4.78, 5) is 23.7. The number of nitrogens with zero attached hydrogens (tertiary/aromatic N) is 1. The van der Waals surface area contributed by atoms with Gasteiger partial charge in [0.2, 0.25) is 0 Å². The number of rotatable bonds is 5. The lowest BCUT2D eigenvalue weighted by molar-refractivity contribution is 0.0600. The van der Waals surface area contributed by atoms with Gasteiger partial charge in [-0.15, -0.1) is 0 Å². The molecule has 1 heterocycles. The number of carbonyl (C=O) groups excluding carboxylic acids is 2. The molecule has 0 unspecified atom stereocenters. The van der Waals surface area contributed by atoms with Gasteiger partial charge in [0.25, 0.3) is 5.91 Å². The third-order valence-corrected chi connectivity index (χ3v) is 3.76. The summed E-state index contributed by atoms with van der Waals surface area (Å²) in [6.45, 7) is 0. The molecule has 7 nitrogen and oxygen atoms in total. The topological polar surface area (TPSA) is 107 Å². The first kappa shape index (κ1) is 17.9. The van der Waals surface area contributed by atoms with Crippen LogP contribution >= 0.6 is 0 Å². The summed E-state index contributed by atoms with van der Waals surface area (Å²) >= 11 is 0. The Morgan fingerprint density at radius 3 is 2.70 bits per heavy atom. The van der Waals surface area contributed by atoms with E-state index in [0.29, 0.717) is 28.3 Å². The molecule has 0 fully saturated rings. The minimum absolute atomic E-state index is 0.342. The Labute approximate surface area is 155 Å². The molecule has 0 atom stereocenters. The number of nitrogen functional groups attached to an aromatic ring is 1. The minimum atomic E-state index is -0.423. The van der Waals surface area contributed by atoms with Gasteiger partial charge in [-0.3, -0.25) is 4.79 Å². The summed E-state index contributed by atoms with van der Waals surface area (Å²) in [7, 11) is 1.33. The van der Waals surface area contributed by atoms with Crippen LogP contribution in [0.4, 0.5) is 5.69 Å². The molecule has 2 aromatic carbocycles. The fourth-order valence-electron chi connectivity index (χ4n) is 2.41. The fourth-order valence-corrected chi connectivity index (χ4v) is 2.41. The molecular formula is C20H17N3O4. The number of nitrogens with two attached hydrogens (primary N) is 1. The number of nitrogens with one attached hydrogen (secondary N) is 1. The van der Waals surface area contributed by atoms with Gasteiger partial charge in [-0.05, 0) is 36.4 Å². The Balaban J connectivity index is 1.69. The normalized spacial score (nSPS) is 10.7. The molecule has 3 aromatic rings. The second-order valence-electron chi connectivity index (χ2n) is 5.56. The average Bonchev–Trinajstić information content (AvgIpc) is 3.16. The van der Waals surface area contributed by atoms with Crippen LogP contribution < -0.4 is 11.2 Å². The molecule has 0 saturated carbocycles. The van der Waals surface area contributed by atoms with E-state index in [0.717, 1.165) is 5.56 Å².